The molecule has 4 rings (SSSR count). The molecule has 2 saturated carbocycles. The number of carbonyl (C=O) groups excluding carboxylic acids is 1. The summed E-state index contributed by atoms with van der Waals surface area (Å²) in [5.41, 5.74) is 1.55. The summed E-state index contributed by atoms with van der Waals surface area (Å²) in [4.78, 5) is 19.4. The van der Waals surface area contributed by atoms with E-state index in [4.69, 9.17) is 4.74 Å². The van der Waals surface area contributed by atoms with E-state index in [9.17, 15) is 4.79 Å². The lowest BCUT2D eigenvalue weighted by Crippen LogP contribution is -2.52. The molecule has 5 heteroatoms. The second kappa shape index (κ2) is 7.08. The smallest absolute Gasteiger partial charge is 0.318 e. The summed E-state index contributed by atoms with van der Waals surface area (Å²) in [7, 11) is 0. The zero-order valence-corrected chi connectivity index (χ0v) is 16.9. The van der Waals surface area contributed by atoms with Crippen molar-refractivity contribution in [1.82, 2.24) is 15.2 Å². The van der Waals surface area contributed by atoms with Crippen LogP contribution in [0.3, 0.4) is 0 Å². The lowest BCUT2D eigenvalue weighted by Gasteiger charge is -2.40. The molecule has 2 aliphatic carbocycles. The maximum atomic E-state index is 13.3. The highest BCUT2D eigenvalue weighted by molar-refractivity contribution is 5.75. The first kappa shape index (κ1) is 18.7. The van der Waals surface area contributed by atoms with Gasteiger partial charge in [0.2, 0.25) is 0 Å². The number of pyridine rings is 1. The van der Waals surface area contributed by atoms with Crippen LogP contribution in [-0.2, 0) is 11.3 Å². The van der Waals surface area contributed by atoms with Crippen LogP contribution >= 0.6 is 0 Å². The fourth-order valence-electron chi connectivity index (χ4n) is 5.63. The van der Waals surface area contributed by atoms with Crippen molar-refractivity contribution in [2.45, 2.75) is 71.6 Å². The Morgan fingerprint density at radius 2 is 2.22 bits per heavy atom. The normalized spacial score (nSPS) is 34.0. The summed E-state index contributed by atoms with van der Waals surface area (Å²) in [6.45, 7) is 9.18. The number of fused-ring (bicyclic) bond motifs is 2. The Hall–Kier alpha value is -1.62. The zero-order chi connectivity index (χ0) is 19.1. The molecule has 0 aromatic carbocycles. The third kappa shape index (κ3) is 3.35. The molecule has 5 nitrogen and oxygen atoms in total. The third-order valence-corrected chi connectivity index (χ3v) is 7.92. The molecule has 0 spiro atoms. The minimum absolute atomic E-state index is 0.0453. The number of amides is 2. The number of urea groups is 1. The number of hydrogen-bond acceptors (Lipinski definition) is 3. The molecule has 148 valence electrons. The van der Waals surface area contributed by atoms with Crippen LogP contribution in [0.5, 0.6) is 0 Å². The van der Waals surface area contributed by atoms with Gasteiger partial charge in [0.25, 0.3) is 0 Å². The molecule has 27 heavy (non-hydrogen) atoms. The van der Waals surface area contributed by atoms with E-state index in [-0.39, 0.29) is 23.6 Å². The largest absolute Gasteiger partial charge is 0.376 e. The molecule has 4 atom stereocenters. The van der Waals surface area contributed by atoms with E-state index < -0.39 is 0 Å². The quantitative estimate of drug-likeness (QED) is 0.851. The van der Waals surface area contributed by atoms with Crippen molar-refractivity contribution in [3.05, 3.63) is 30.1 Å². The molecule has 1 N–H and O–H groups in total. The first-order chi connectivity index (χ1) is 12.9. The molecule has 1 aromatic rings. The highest BCUT2D eigenvalue weighted by atomic mass is 16.5. The number of nitrogens with one attached hydrogen (secondary N) is 1. The average Bonchev–Trinajstić information content (AvgIpc) is 3.28. The van der Waals surface area contributed by atoms with E-state index in [0.29, 0.717) is 18.5 Å². The van der Waals surface area contributed by atoms with Crippen LogP contribution in [-0.4, -0.2) is 41.2 Å². The molecule has 1 aliphatic heterocycles. The highest BCUT2D eigenvalue weighted by Crippen LogP contribution is 2.65. The molecule has 3 fully saturated rings. The predicted octanol–water partition coefficient (Wildman–Crippen LogP) is 3.99. The number of ether oxygens (including phenoxy) is 1. The Morgan fingerprint density at radius 3 is 2.81 bits per heavy atom. The summed E-state index contributed by atoms with van der Waals surface area (Å²) >= 11 is 0. The predicted molar refractivity (Wildman–Crippen MR) is 105 cm³/mol. The molecule has 0 radical (unpaired) electrons. The van der Waals surface area contributed by atoms with Gasteiger partial charge in [0.15, 0.2) is 0 Å². The van der Waals surface area contributed by atoms with Crippen LogP contribution in [0.15, 0.2) is 24.5 Å². The summed E-state index contributed by atoms with van der Waals surface area (Å²) in [6, 6.07) is 4.27. The molecule has 0 unspecified atom stereocenters. The monoisotopic (exact) mass is 371 g/mol. The summed E-state index contributed by atoms with van der Waals surface area (Å²) in [5, 5.41) is 3.41. The van der Waals surface area contributed by atoms with Gasteiger partial charge in [-0.1, -0.05) is 26.8 Å². The van der Waals surface area contributed by atoms with Gasteiger partial charge in [0, 0.05) is 38.1 Å². The molecule has 1 saturated heterocycles. The van der Waals surface area contributed by atoms with Crippen molar-refractivity contribution >= 4 is 6.03 Å². The van der Waals surface area contributed by atoms with Crippen LogP contribution in [0.25, 0.3) is 0 Å². The van der Waals surface area contributed by atoms with Gasteiger partial charge >= 0.3 is 6.03 Å². The lowest BCUT2D eigenvalue weighted by atomic mass is 9.69. The lowest BCUT2D eigenvalue weighted by molar-refractivity contribution is 0.0748. The maximum absolute atomic E-state index is 13.3. The van der Waals surface area contributed by atoms with Crippen LogP contribution in [0.1, 0.15) is 58.4 Å². The number of rotatable bonds is 5. The minimum Gasteiger partial charge on any atom is -0.376 e. The molecule has 3 aliphatic rings. The number of hydrogen-bond donors (Lipinski definition) is 1. The molecule has 2 amide bonds. The Labute approximate surface area is 162 Å². The topological polar surface area (TPSA) is 54.5 Å². The van der Waals surface area contributed by atoms with Gasteiger partial charge in [0.05, 0.1) is 6.10 Å². The minimum atomic E-state index is 0.0453. The van der Waals surface area contributed by atoms with E-state index in [1.807, 2.05) is 23.2 Å². The van der Waals surface area contributed by atoms with Gasteiger partial charge in [0.1, 0.15) is 0 Å². The van der Waals surface area contributed by atoms with Gasteiger partial charge in [-0.25, -0.2) is 4.79 Å². The van der Waals surface area contributed by atoms with Crippen molar-refractivity contribution in [2.75, 3.05) is 13.2 Å². The van der Waals surface area contributed by atoms with Crippen molar-refractivity contribution in [3.63, 3.8) is 0 Å². The Morgan fingerprint density at radius 1 is 1.37 bits per heavy atom. The summed E-state index contributed by atoms with van der Waals surface area (Å²) < 4.78 is 5.81. The SMILES string of the molecule is CC1(C)[C@H]2CC[C@@]1(C)[C@H](NC(=O)N(Cc1cccnc1)C[C@H]1CCCO1)C2. The number of carbonyl (C=O) groups is 1. The van der Waals surface area contributed by atoms with E-state index >= 15 is 0 Å². The van der Waals surface area contributed by atoms with E-state index in [1.54, 1.807) is 6.20 Å². The van der Waals surface area contributed by atoms with Crippen molar-refractivity contribution < 1.29 is 9.53 Å². The Balaban J connectivity index is 1.47. The van der Waals surface area contributed by atoms with E-state index in [1.165, 1.54) is 12.8 Å². The molecule has 1 aromatic heterocycles. The summed E-state index contributed by atoms with van der Waals surface area (Å²) in [6.07, 6.45) is 9.51. The van der Waals surface area contributed by atoms with Crippen LogP contribution in [0, 0.1) is 16.7 Å². The van der Waals surface area contributed by atoms with Crippen molar-refractivity contribution in [1.29, 1.82) is 0 Å². The second-order valence-electron chi connectivity index (χ2n) is 9.49. The van der Waals surface area contributed by atoms with Gasteiger partial charge in [-0.05, 0) is 60.5 Å². The summed E-state index contributed by atoms with van der Waals surface area (Å²) in [5.74, 6) is 0.720. The average molecular weight is 372 g/mol. The number of nitrogens with zero attached hydrogens (tertiary/aromatic N) is 2. The van der Waals surface area contributed by atoms with Crippen LogP contribution < -0.4 is 5.32 Å². The first-order valence-electron chi connectivity index (χ1n) is 10.5. The van der Waals surface area contributed by atoms with Crippen LogP contribution in [0.2, 0.25) is 0 Å². The molecule has 2 heterocycles. The standard InChI is InChI=1S/C22H33N3O2/c1-21(2)17-8-9-22(21,3)19(12-17)24-20(26)25(15-18-7-5-11-27-18)14-16-6-4-10-23-13-16/h4,6,10,13,17-19H,5,7-9,11-12,14-15H2,1-3H3,(H,24,26)/t17-,18+,19+,22-/m0/s1. The van der Waals surface area contributed by atoms with Gasteiger partial charge in [-0.15, -0.1) is 0 Å². The van der Waals surface area contributed by atoms with Crippen molar-refractivity contribution in [2.24, 2.45) is 16.7 Å². The third-order valence-electron chi connectivity index (χ3n) is 7.92. The highest BCUT2D eigenvalue weighted by Gasteiger charge is 2.61. The fourth-order valence-corrected chi connectivity index (χ4v) is 5.63. The van der Waals surface area contributed by atoms with Crippen molar-refractivity contribution in [3.8, 4) is 0 Å². The second-order valence-corrected chi connectivity index (χ2v) is 9.49. The van der Waals surface area contributed by atoms with E-state index in [2.05, 4.69) is 31.1 Å². The fraction of sp³-hybridized carbons (Fsp3) is 0.727. The Bertz CT molecular complexity index is 671. The molecular weight excluding hydrogens is 338 g/mol. The maximum Gasteiger partial charge on any atom is 0.318 e. The molecule has 2 bridgehead atoms. The Kier molecular flexibility index (Phi) is 4.91. The van der Waals surface area contributed by atoms with E-state index in [0.717, 1.165) is 37.4 Å². The van der Waals surface area contributed by atoms with Crippen LogP contribution in [0.4, 0.5) is 4.79 Å². The van der Waals surface area contributed by atoms with Gasteiger partial charge in [-0.3, -0.25) is 4.98 Å². The first-order valence-corrected chi connectivity index (χ1v) is 10.5. The zero-order valence-electron chi connectivity index (χ0n) is 16.9. The van der Waals surface area contributed by atoms with Gasteiger partial charge in [-0.2, -0.15) is 0 Å². The van der Waals surface area contributed by atoms with Gasteiger partial charge < -0.3 is 15.0 Å². The number of aromatic nitrogens is 1. The molecular formula is C22H33N3O2.